The van der Waals surface area contributed by atoms with Crippen molar-refractivity contribution in [3.8, 4) is 5.75 Å². The molecule has 0 saturated heterocycles. The van der Waals surface area contributed by atoms with E-state index in [1.807, 2.05) is 6.07 Å². The maximum Gasteiger partial charge on any atom is 0.251 e. The summed E-state index contributed by atoms with van der Waals surface area (Å²) in [6, 6.07) is 13.4. The molecular formula is C17H19ClN2O4S. The normalized spacial score (nSPS) is 11.0. The van der Waals surface area contributed by atoms with Gasteiger partial charge >= 0.3 is 0 Å². The van der Waals surface area contributed by atoms with Gasteiger partial charge in [0.15, 0.2) is 0 Å². The van der Waals surface area contributed by atoms with Crippen LogP contribution in [0.25, 0.3) is 0 Å². The lowest BCUT2D eigenvalue weighted by Crippen LogP contribution is -2.38. The molecule has 0 saturated carbocycles. The first-order valence-corrected chi connectivity index (χ1v) is 9.70. The van der Waals surface area contributed by atoms with Crippen molar-refractivity contribution < 1.29 is 17.9 Å². The van der Waals surface area contributed by atoms with Crippen LogP contribution in [0.2, 0.25) is 5.02 Å². The SMILES string of the molecule is COc1ccc(N(CCNC(=O)c2ccccc2)S(C)(=O)=O)cc1Cl. The molecular weight excluding hydrogens is 364 g/mol. The highest BCUT2D eigenvalue weighted by Gasteiger charge is 2.19. The number of ether oxygens (including phenoxy) is 1. The van der Waals surface area contributed by atoms with E-state index in [0.29, 0.717) is 22.0 Å². The van der Waals surface area contributed by atoms with E-state index in [9.17, 15) is 13.2 Å². The average Bonchev–Trinajstić information content (AvgIpc) is 2.58. The van der Waals surface area contributed by atoms with Crippen LogP contribution < -0.4 is 14.4 Å². The summed E-state index contributed by atoms with van der Waals surface area (Å²) in [5.41, 5.74) is 0.920. The number of sulfonamides is 1. The quantitative estimate of drug-likeness (QED) is 0.798. The molecule has 2 aromatic carbocycles. The zero-order valence-electron chi connectivity index (χ0n) is 13.9. The number of nitrogens with one attached hydrogen (secondary N) is 1. The number of methoxy groups -OCH3 is 1. The molecule has 6 nitrogen and oxygen atoms in total. The summed E-state index contributed by atoms with van der Waals surface area (Å²) in [6.45, 7) is 0.241. The number of amides is 1. The first-order valence-electron chi connectivity index (χ1n) is 7.47. The molecule has 0 unspecified atom stereocenters. The summed E-state index contributed by atoms with van der Waals surface area (Å²) in [7, 11) is -2.05. The smallest absolute Gasteiger partial charge is 0.251 e. The van der Waals surface area contributed by atoms with Crippen LogP contribution in [0.5, 0.6) is 5.75 Å². The monoisotopic (exact) mass is 382 g/mol. The van der Waals surface area contributed by atoms with Gasteiger partial charge in [0.25, 0.3) is 5.91 Å². The van der Waals surface area contributed by atoms with Gasteiger partial charge in [-0.25, -0.2) is 8.42 Å². The van der Waals surface area contributed by atoms with Gasteiger partial charge in [0.05, 0.1) is 30.6 Å². The van der Waals surface area contributed by atoms with E-state index in [1.54, 1.807) is 36.4 Å². The number of hydrogen-bond donors (Lipinski definition) is 1. The Hall–Kier alpha value is -2.25. The molecule has 1 N–H and O–H groups in total. The Balaban J connectivity index is 2.09. The van der Waals surface area contributed by atoms with Crippen molar-refractivity contribution in [1.82, 2.24) is 5.32 Å². The highest BCUT2D eigenvalue weighted by Crippen LogP contribution is 2.29. The van der Waals surface area contributed by atoms with Crippen LogP contribution >= 0.6 is 11.6 Å². The molecule has 0 atom stereocenters. The van der Waals surface area contributed by atoms with Gasteiger partial charge in [-0.3, -0.25) is 9.10 Å². The Morgan fingerprint density at radius 2 is 1.88 bits per heavy atom. The predicted molar refractivity (Wildman–Crippen MR) is 99.0 cm³/mol. The third kappa shape index (κ3) is 5.11. The number of rotatable bonds is 7. The van der Waals surface area contributed by atoms with Crippen LogP contribution in [0.3, 0.4) is 0 Å². The zero-order valence-corrected chi connectivity index (χ0v) is 15.5. The van der Waals surface area contributed by atoms with Gasteiger partial charge in [0.2, 0.25) is 10.0 Å². The van der Waals surface area contributed by atoms with Gasteiger partial charge in [-0.05, 0) is 30.3 Å². The summed E-state index contributed by atoms with van der Waals surface area (Å²) in [4.78, 5) is 12.0. The molecule has 134 valence electrons. The van der Waals surface area contributed by atoms with E-state index >= 15 is 0 Å². The molecule has 0 spiro atoms. The summed E-state index contributed by atoms with van der Waals surface area (Å²) < 4.78 is 30.4. The first-order chi connectivity index (χ1) is 11.8. The summed E-state index contributed by atoms with van der Waals surface area (Å²) in [5, 5.41) is 3.01. The van der Waals surface area contributed by atoms with Crippen molar-refractivity contribution in [2.24, 2.45) is 0 Å². The predicted octanol–water partition coefficient (Wildman–Crippen LogP) is 2.54. The number of benzene rings is 2. The molecule has 0 bridgehead atoms. The van der Waals surface area contributed by atoms with Crippen molar-refractivity contribution in [2.45, 2.75) is 0 Å². The fourth-order valence-corrected chi connectivity index (χ4v) is 3.43. The lowest BCUT2D eigenvalue weighted by atomic mass is 10.2. The molecule has 0 aromatic heterocycles. The van der Waals surface area contributed by atoms with Crippen LogP contribution in [-0.4, -0.2) is 40.8 Å². The maximum absolute atomic E-state index is 12.1. The standard InChI is InChI=1S/C17H19ClN2O4S/c1-24-16-9-8-14(12-15(16)18)20(25(2,22)23)11-10-19-17(21)13-6-4-3-5-7-13/h3-9,12H,10-11H2,1-2H3,(H,19,21). The maximum atomic E-state index is 12.1. The van der Waals surface area contributed by atoms with Gasteiger partial charge in [-0.2, -0.15) is 0 Å². The first kappa shape index (κ1) is 19.1. The molecule has 8 heteroatoms. The molecule has 0 fully saturated rings. The Labute approximate surface area is 152 Å². The van der Waals surface area contributed by atoms with E-state index < -0.39 is 10.0 Å². The summed E-state index contributed by atoms with van der Waals surface area (Å²) in [6.07, 6.45) is 1.10. The fourth-order valence-electron chi connectivity index (χ4n) is 2.26. The zero-order chi connectivity index (χ0) is 18.4. The molecule has 25 heavy (non-hydrogen) atoms. The number of hydrogen-bond acceptors (Lipinski definition) is 4. The largest absolute Gasteiger partial charge is 0.495 e. The van der Waals surface area contributed by atoms with E-state index in [0.717, 1.165) is 6.26 Å². The van der Waals surface area contributed by atoms with E-state index in [-0.39, 0.29) is 19.0 Å². The van der Waals surface area contributed by atoms with Gasteiger partial charge in [-0.15, -0.1) is 0 Å². The molecule has 2 aromatic rings. The van der Waals surface area contributed by atoms with Crippen LogP contribution in [0.15, 0.2) is 48.5 Å². The number of halogens is 1. The lowest BCUT2D eigenvalue weighted by molar-refractivity contribution is 0.0955. The van der Waals surface area contributed by atoms with E-state index in [1.165, 1.54) is 17.5 Å². The van der Waals surface area contributed by atoms with Crippen molar-refractivity contribution in [2.75, 3.05) is 30.8 Å². The van der Waals surface area contributed by atoms with Crippen LogP contribution in [-0.2, 0) is 10.0 Å². The number of nitrogens with zero attached hydrogens (tertiary/aromatic N) is 1. The van der Waals surface area contributed by atoms with Crippen molar-refractivity contribution in [3.63, 3.8) is 0 Å². The van der Waals surface area contributed by atoms with Crippen LogP contribution in [0.4, 0.5) is 5.69 Å². The molecule has 0 aliphatic heterocycles. The average molecular weight is 383 g/mol. The molecule has 1 amide bonds. The third-order valence-corrected chi connectivity index (χ3v) is 4.95. The Kier molecular flexibility index (Phi) is 6.27. The topological polar surface area (TPSA) is 75.7 Å². The van der Waals surface area contributed by atoms with Crippen molar-refractivity contribution in [3.05, 3.63) is 59.1 Å². The second-order valence-corrected chi connectivity index (χ2v) is 7.59. The van der Waals surface area contributed by atoms with Gasteiger partial charge < -0.3 is 10.1 Å². The minimum Gasteiger partial charge on any atom is -0.495 e. The Morgan fingerprint density at radius 3 is 2.44 bits per heavy atom. The lowest BCUT2D eigenvalue weighted by Gasteiger charge is -2.23. The summed E-state index contributed by atoms with van der Waals surface area (Å²) in [5.74, 6) is 0.193. The van der Waals surface area contributed by atoms with Crippen molar-refractivity contribution >= 4 is 33.2 Å². The second-order valence-electron chi connectivity index (χ2n) is 5.28. The highest BCUT2D eigenvalue weighted by atomic mass is 35.5. The highest BCUT2D eigenvalue weighted by molar-refractivity contribution is 7.92. The fraction of sp³-hybridized carbons (Fsp3) is 0.235. The number of carbonyl (C=O) groups excluding carboxylic acids is 1. The van der Waals surface area contributed by atoms with Gasteiger partial charge in [0, 0.05) is 12.1 Å². The van der Waals surface area contributed by atoms with Gasteiger partial charge in [0.1, 0.15) is 5.75 Å². The van der Waals surface area contributed by atoms with Crippen LogP contribution in [0.1, 0.15) is 10.4 Å². The second kappa shape index (κ2) is 8.22. The minimum absolute atomic E-state index is 0.0834. The molecule has 0 radical (unpaired) electrons. The minimum atomic E-state index is -3.53. The Morgan fingerprint density at radius 1 is 1.20 bits per heavy atom. The van der Waals surface area contributed by atoms with E-state index in [2.05, 4.69) is 5.32 Å². The molecule has 2 rings (SSSR count). The van der Waals surface area contributed by atoms with Crippen LogP contribution in [0, 0.1) is 0 Å². The summed E-state index contributed by atoms with van der Waals surface area (Å²) >= 11 is 6.07. The van der Waals surface area contributed by atoms with Gasteiger partial charge in [-0.1, -0.05) is 29.8 Å². The number of carbonyl (C=O) groups is 1. The van der Waals surface area contributed by atoms with Crippen molar-refractivity contribution in [1.29, 1.82) is 0 Å². The Bertz CT molecular complexity index is 841. The number of anilines is 1. The van der Waals surface area contributed by atoms with E-state index in [4.69, 9.17) is 16.3 Å². The molecule has 0 aliphatic rings. The molecule has 0 heterocycles. The molecule has 0 aliphatic carbocycles. The third-order valence-electron chi connectivity index (χ3n) is 3.46.